The Morgan fingerprint density at radius 2 is 1.67 bits per heavy atom. The zero-order valence-electron chi connectivity index (χ0n) is 18.7. The molecule has 3 atom stereocenters. The highest BCUT2D eigenvalue weighted by Crippen LogP contribution is 2.43. The van der Waals surface area contributed by atoms with E-state index in [0.717, 1.165) is 29.2 Å². The van der Waals surface area contributed by atoms with Gasteiger partial charge in [-0.1, -0.05) is 49.4 Å². The second-order valence-corrected chi connectivity index (χ2v) is 8.56. The number of amides is 1. The number of hydrogen-bond acceptors (Lipinski definition) is 3. The summed E-state index contributed by atoms with van der Waals surface area (Å²) in [7, 11) is 0. The number of carbonyl (C=O) groups excluding carboxylic acids is 1. The Hall–Kier alpha value is -3.09. The Labute approximate surface area is 192 Å². The Morgan fingerprint density at radius 3 is 2.36 bits per heavy atom. The summed E-state index contributed by atoms with van der Waals surface area (Å²) < 4.78 is 27.3. The van der Waals surface area contributed by atoms with Crippen molar-refractivity contribution in [3.63, 3.8) is 0 Å². The molecule has 3 N–H and O–H groups in total. The lowest BCUT2D eigenvalue weighted by atomic mass is 9.99. The van der Waals surface area contributed by atoms with Crippen LogP contribution < -0.4 is 10.6 Å². The zero-order valence-corrected chi connectivity index (χ0v) is 18.7. The molecule has 3 aromatic carbocycles. The van der Waals surface area contributed by atoms with Crippen LogP contribution in [-0.4, -0.2) is 29.7 Å². The highest BCUT2D eigenvalue weighted by molar-refractivity contribution is 5.79. The van der Waals surface area contributed by atoms with Gasteiger partial charge in [0.15, 0.2) is 0 Å². The van der Waals surface area contributed by atoms with E-state index in [2.05, 4.69) is 47.9 Å². The van der Waals surface area contributed by atoms with Crippen molar-refractivity contribution in [2.24, 2.45) is 0 Å². The van der Waals surface area contributed by atoms with Crippen molar-refractivity contribution >= 4 is 5.91 Å². The van der Waals surface area contributed by atoms with Crippen LogP contribution in [-0.2, 0) is 17.6 Å². The highest BCUT2D eigenvalue weighted by atomic mass is 19.1. The molecule has 4 rings (SSSR count). The van der Waals surface area contributed by atoms with Gasteiger partial charge in [-0.25, -0.2) is 8.78 Å². The Balaban J connectivity index is 1.54. The van der Waals surface area contributed by atoms with Crippen LogP contribution >= 0.6 is 0 Å². The minimum absolute atomic E-state index is 0.0954. The number of fused-ring (bicyclic) bond motifs is 3. The van der Waals surface area contributed by atoms with Crippen LogP contribution in [0, 0.1) is 11.6 Å². The van der Waals surface area contributed by atoms with Crippen LogP contribution in [0.3, 0.4) is 0 Å². The summed E-state index contributed by atoms with van der Waals surface area (Å²) in [5.41, 5.74) is 6.23. The first-order valence-electron chi connectivity index (χ1n) is 11.2. The molecule has 1 amide bonds. The maximum Gasteiger partial charge on any atom is 0.217 e. The zero-order chi connectivity index (χ0) is 23.5. The molecule has 0 spiro atoms. The van der Waals surface area contributed by atoms with Gasteiger partial charge in [-0.2, -0.15) is 0 Å². The molecule has 6 heteroatoms. The quantitative estimate of drug-likeness (QED) is 0.480. The molecular formula is C27H28F2N2O2. The Morgan fingerprint density at radius 1 is 0.970 bits per heavy atom. The lowest BCUT2D eigenvalue weighted by Crippen LogP contribution is -2.48. The van der Waals surface area contributed by atoms with Gasteiger partial charge in [0.05, 0.1) is 18.2 Å². The Bertz CT molecular complexity index is 1140. The van der Waals surface area contributed by atoms with Crippen LogP contribution in [0.1, 0.15) is 42.1 Å². The number of carbonyl (C=O) groups is 1. The summed E-state index contributed by atoms with van der Waals surface area (Å²) in [6.07, 6.45) is 0.0636. The molecular weight excluding hydrogens is 422 g/mol. The van der Waals surface area contributed by atoms with E-state index < -0.39 is 23.8 Å². The molecule has 0 aliphatic heterocycles. The lowest BCUT2D eigenvalue weighted by Gasteiger charge is -2.26. The number of aliphatic hydroxyl groups excluding tert-OH is 1. The van der Waals surface area contributed by atoms with Crippen molar-refractivity contribution in [1.82, 2.24) is 10.6 Å². The fourth-order valence-electron chi connectivity index (χ4n) is 4.61. The molecule has 1 aliphatic rings. The molecule has 172 valence electrons. The Kier molecular flexibility index (Phi) is 6.86. The monoisotopic (exact) mass is 450 g/mol. The van der Waals surface area contributed by atoms with Crippen molar-refractivity contribution in [3.05, 3.63) is 94.6 Å². The number of benzene rings is 3. The van der Waals surface area contributed by atoms with Gasteiger partial charge < -0.3 is 15.7 Å². The molecule has 0 aromatic heterocycles. The van der Waals surface area contributed by atoms with Gasteiger partial charge in [0.1, 0.15) is 11.6 Å². The van der Waals surface area contributed by atoms with E-state index in [1.807, 2.05) is 12.1 Å². The number of aliphatic hydroxyl groups is 1. The van der Waals surface area contributed by atoms with Crippen molar-refractivity contribution in [2.75, 3.05) is 6.54 Å². The SMILES string of the molecule is CCc1ccc2c(c1)C(NC[C@H](O)[C@H](Cc1cc(F)cc(F)c1)NC(C)=O)c1ccccc1-2. The molecule has 3 aromatic rings. The predicted molar refractivity (Wildman–Crippen MR) is 125 cm³/mol. The van der Waals surface area contributed by atoms with Crippen molar-refractivity contribution in [3.8, 4) is 11.1 Å². The van der Waals surface area contributed by atoms with Gasteiger partial charge in [0.2, 0.25) is 5.91 Å². The maximum atomic E-state index is 13.6. The van der Waals surface area contributed by atoms with E-state index in [-0.39, 0.29) is 24.9 Å². The number of hydrogen-bond donors (Lipinski definition) is 3. The summed E-state index contributed by atoms with van der Waals surface area (Å²) in [5, 5.41) is 17.1. The molecule has 33 heavy (non-hydrogen) atoms. The van der Waals surface area contributed by atoms with E-state index in [1.54, 1.807) is 0 Å². The van der Waals surface area contributed by atoms with Crippen LogP contribution in [0.5, 0.6) is 0 Å². The average Bonchev–Trinajstić information content (AvgIpc) is 3.09. The van der Waals surface area contributed by atoms with Gasteiger partial charge in [0.25, 0.3) is 0 Å². The number of aryl methyl sites for hydroxylation is 1. The first-order valence-corrected chi connectivity index (χ1v) is 11.2. The van der Waals surface area contributed by atoms with E-state index in [1.165, 1.54) is 30.2 Å². The van der Waals surface area contributed by atoms with Gasteiger partial charge in [-0.05, 0) is 58.4 Å². The van der Waals surface area contributed by atoms with E-state index in [9.17, 15) is 18.7 Å². The fraction of sp³-hybridized carbons (Fsp3) is 0.296. The van der Waals surface area contributed by atoms with E-state index in [0.29, 0.717) is 5.56 Å². The lowest BCUT2D eigenvalue weighted by molar-refractivity contribution is -0.120. The number of rotatable bonds is 8. The molecule has 0 saturated heterocycles. The molecule has 1 unspecified atom stereocenters. The maximum absolute atomic E-state index is 13.6. The van der Waals surface area contributed by atoms with Crippen molar-refractivity contribution in [1.29, 1.82) is 0 Å². The highest BCUT2D eigenvalue weighted by Gasteiger charge is 2.30. The number of nitrogens with one attached hydrogen (secondary N) is 2. The van der Waals surface area contributed by atoms with Crippen LogP contribution in [0.25, 0.3) is 11.1 Å². The number of halogens is 2. The van der Waals surface area contributed by atoms with E-state index in [4.69, 9.17) is 0 Å². The van der Waals surface area contributed by atoms with Crippen molar-refractivity contribution in [2.45, 2.75) is 44.9 Å². The summed E-state index contributed by atoms with van der Waals surface area (Å²) in [4.78, 5) is 11.8. The fourth-order valence-corrected chi connectivity index (χ4v) is 4.61. The molecule has 4 nitrogen and oxygen atoms in total. The van der Waals surface area contributed by atoms with Gasteiger partial charge >= 0.3 is 0 Å². The smallest absolute Gasteiger partial charge is 0.217 e. The topological polar surface area (TPSA) is 61.4 Å². The van der Waals surface area contributed by atoms with Gasteiger partial charge in [-0.3, -0.25) is 4.79 Å². The minimum Gasteiger partial charge on any atom is -0.390 e. The minimum atomic E-state index is -0.967. The third-order valence-electron chi connectivity index (χ3n) is 6.16. The summed E-state index contributed by atoms with van der Waals surface area (Å²) in [6.45, 7) is 3.66. The largest absolute Gasteiger partial charge is 0.390 e. The van der Waals surface area contributed by atoms with Gasteiger partial charge in [0, 0.05) is 19.5 Å². The summed E-state index contributed by atoms with van der Waals surface area (Å²) >= 11 is 0. The first kappa shape index (κ1) is 23.1. The molecule has 0 fully saturated rings. The standard InChI is InChI=1S/C27H28F2N2O2/c1-3-17-8-9-22-21-6-4-5-7-23(21)27(24(22)12-17)30-15-26(33)25(31-16(2)32)13-18-10-19(28)14-20(29)11-18/h4-12,14,25-27,30,33H,3,13,15H2,1-2H3,(H,31,32)/t25-,26-,27?/m0/s1. The molecule has 0 bridgehead atoms. The third kappa shape index (κ3) is 5.13. The van der Waals surface area contributed by atoms with Crippen LogP contribution in [0.15, 0.2) is 60.7 Å². The third-order valence-corrected chi connectivity index (χ3v) is 6.16. The second-order valence-electron chi connectivity index (χ2n) is 8.56. The van der Waals surface area contributed by atoms with Gasteiger partial charge in [-0.15, -0.1) is 0 Å². The van der Waals surface area contributed by atoms with Crippen LogP contribution in [0.4, 0.5) is 8.78 Å². The second kappa shape index (κ2) is 9.81. The predicted octanol–water partition coefficient (Wildman–Crippen LogP) is 4.29. The summed E-state index contributed by atoms with van der Waals surface area (Å²) in [5.74, 6) is -1.70. The summed E-state index contributed by atoms with van der Waals surface area (Å²) in [6, 6.07) is 17.1. The molecule has 0 radical (unpaired) electrons. The molecule has 0 saturated carbocycles. The normalized spacial score (nSPS) is 16.1. The van der Waals surface area contributed by atoms with E-state index >= 15 is 0 Å². The van der Waals surface area contributed by atoms with Crippen molar-refractivity contribution < 1.29 is 18.7 Å². The van der Waals surface area contributed by atoms with Crippen LogP contribution in [0.2, 0.25) is 0 Å². The average molecular weight is 451 g/mol. The molecule has 0 heterocycles. The molecule has 1 aliphatic carbocycles. The first-order chi connectivity index (χ1) is 15.9.